The Kier molecular flexibility index (Phi) is 4.45. The first-order valence-corrected chi connectivity index (χ1v) is 7.13. The molecule has 0 radical (unpaired) electrons. The molecule has 4 nitrogen and oxygen atoms in total. The molecular formula is C13H19BrN2O2. The van der Waals surface area contributed by atoms with Crippen LogP contribution in [0.15, 0.2) is 16.7 Å². The van der Waals surface area contributed by atoms with E-state index in [1.54, 1.807) is 4.90 Å². The summed E-state index contributed by atoms with van der Waals surface area (Å²) < 4.78 is 8.30. The van der Waals surface area contributed by atoms with E-state index in [9.17, 15) is 4.79 Å². The van der Waals surface area contributed by atoms with E-state index in [1.807, 2.05) is 23.9 Å². The van der Waals surface area contributed by atoms with Gasteiger partial charge in [-0.15, -0.1) is 0 Å². The highest BCUT2D eigenvalue weighted by Crippen LogP contribution is 2.19. The Morgan fingerprint density at radius 3 is 3.06 bits per heavy atom. The standard InChI is InChI=1S/C13H19BrN2O2/c1-3-5-16-8-10(14)7-12(16)13(17)15(2)11-4-6-18-9-11/h7-8,11H,3-6,9H2,1-2H3. The maximum atomic E-state index is 12.5. The summed E-state index contributed by atoms with van der Waals surface area (Å²) in [5.74, 6) is 0.0738. The van der Waals surface area contributed by atoms with Crippen LogP contribution >= 0.6 is 15.9 Å². The van der Waals surface area contributed by atoms with Crippen LogP contribution in [0.5, 0.6) is 0 Å². The van der Waals surface area contributed by atoms with Gasteiger partial charge in [-0.05, 0) is 34.8 Å². The fourth-order valence-corrected chi connectivity index (χ4v) is 2.72. The predicted molar refractivity (Wildman–Crippen MR) is 73.7 cm³/mol. The van der Waals surface area contributed by atoms with Crippen molar-refractivity contribution in [3.63, 3.8) is 0 Å². The zero-order chi connectivity index (χ0) is 13.1. The van der Waals surface area contributed by atoms with Crippen LogP contribution in [0, 0.1) is 0 Å². The second kappa shape index (κ2) is 5.89. The Hall–Kier alpha value is -0.810. The molecular weight excluding hydrogens is 296 g/mol. The Morgan fingerprint density at radius 2 is 2.44 bits per heavy atom. The molecule has 1 aliphatic rings. The zero-order valence-corrected chi connectivity index (χ0v) is 12.4. The van der Waals surface area contributed by atoms with Crippen molar-refractivity contribution < 1.29 is 9.53 Å². The van der Waals surface area contributed by atoms with Crippen molar-refractivity contribution in [2.75, 3.05) is 20.3 Å². The number of rotatable bonds is 4. The van der Waals surface area contributed by atoms with Gasteiger partial charge in [0.2, 0.25) is 0 Å². The summed E-state index contributed by atoms with van der Waals surface area (Å²) in [4.78, 5) is 14.3. The lowest BCUT2D eigenvalue weighted by Gasteiger charge is -2.23. The molecule has 1 fully saturated rings. The Morgan fingerprint density at radius 1 is 1.67 bits per heavy atom. The maximum absolute atomic E-state index is 12.5. The Labute approximate surface area is 116 Å². The van der Waals surface area contributed by atoms with Gasteiger partial charge < -0.3 is 14.2 Å². The number of carbonyl (C=O) groups excluding carboxylic acids is 1. The number of likely N-dealkylation sites (N-methyl/N-ethyl adjacent to an activating group) is 1. The van der Waals surface area contributed by atoms with Crippen molar-refractivity contribution in [3.05, 3.63) is 22.4 Å². The van der Waals surface area contributed by atoms with Gasteiger partial charge in [0, 0.05) is 30.9 Å². The summed E-state index contributed by atoms with van der Waals surface area (Å²) in [6, 6.07) is 2.10. The third-order valence-corrected chi connectivity index (χ3v) is 3.75. The van der Waals surface area contributed by atoms with Gasteiger partial charge >= 0.3 is 0 Å². The quantitative estimate of drug-likeness (QED) is 0.856. The van der Waals surface area contributed by atoms with Crippen LogP contribution in [0.1, 0.15) is 30.3 Å². The van der Waals surface area contributed by atoms with Gasteiger partial charge in [0.1, 0.15) is 5.69 Å². The van der Waals surface area contributed by atoms with Crippen molar-refractivity contribution in [1.29, 1.82) is 0 Å². The SMILES string of the molecule is CCCn1cc(Br)cc1C(=O)N(C)C1CCOC1. The van der Waals surface area contributed by atoms with Gasteiger partial charge in [-0.2, -0.15) is 0 Å². The summed E-state index contributed by atoms with van der Waals surface area (Å²) in [5.41, 5.74) is 0.748. The first kappa shape index (κ1) is 13.6. The number of carbonyl (C=O) groups is 1. The number of nitrogens with zero attached hydrogens (tertiary/aromatic N) is 2. The first-order valence-electron chi connectivity index (χ1n) is 6.34. The number of halogens is 1. The first-order chi connectivity index (χ1) is 8.63. The fourth-order valence-electron chi connectivity index (χ4n) is 2.25. The number of hydrogen-bond acceptors (Lipinski definition) is 2. The zero-order valence-electron chi connectivity index (χ0n) is 10.9. The fraction of sp³-hybridized carbons (Fsp3) is 0.615. The highest BCUT2D eigenvalue weighted by Gasteiger charge is 2.26. The molecule has 1 aromatic heterocycles. The maximum Gasteiger partial charge on any atom is 0.270 e. The molecule has 2 rings (SSSR count). The normalized spacial score (nSPS) is 19.2. The highest BCUT2D eigenvalue weighted by atomic mass is 79.9. The lowest BCUT2D eigenvalue weighted by atomic mass is 10.2. The molecule has 1 aliphatic heterocycles. The molecule has 1 saturated heterocycles. The van der Waals surface area contributed by atoms with Gasteiger partial charge in [-0.3, -0.25) is 4.79 Å². The highest BCUT2D eigenvalue weighted by molar-refractivity contribution is 9.10. The van der Waals surface area contributed by atoms with E-state index < -0.39 is 0 Å². The van der Waals surface area contributed by atoms with E-state index in [0.29, 0.717) is 6.61 Å². The third-order valence-electron chi connectivity index (χ3n) is 3.32. The van der Waals surface area contributed by atoms with Crippen LogP contribution in [-0.2, 0) is 11.3 Å². The topological polar surface area (TPSA) is 34.5 Å². The summed E-state index contributed by atoms with van der Waals surface area (Å²) in [6.07, 6.45) is 3.91. The van der Waals surface area contributed by atoms with Crippen LogP contribution in [0.3, 0.4) is 0 Å². The van der Waals surface area contributed by atoms with Gasteiger partial charge in [-0.1, -0.05) is 6.92 Å². The van der Waals surface area contributed by atoms with Gasteiger partial charge in [0.05, 0.1) is 12.6 Å². The number of amides is 1. The van der Waals surface area contributed by atoms with Crippen LogP contribution in [0.2, 0.25) is 0 Å². The van der Waals surface area contributed by atoms with Gasteiger partial charge in [-0.25, -0.2) is 0 Å². The minimum atomic E-state index is 0.0738. The Bertz CT molecular complexity index is 425. The number of aromatic nitrogens is 1. The minimum Gasteiger partial charge on any atom is -0.379 e. The van der Waals surface area contributed by atoms with Crippen LogP contribution in [0.25, 0.3) is 0 Å². The molecule has 1 aromatic rings. The molecule has 0 aliphatic carbocycles. The molecule has 2 heterocycles. The minimum absolute atomic E-state index is 0.0738. The lowest BCUT2D eigenvalue weighted by molar-refractivity contribution is 0.0700. The van der Waals surface area contributed by atoms with Crippen molar-refractivity contribution in [2.45, 2.75) is 32.4 Å². The summed E-state index contributed by atoms with van der Waals surface area (Å²) in [7, 11) is 1.86. The Balaban J connectivity index is 2.16. The van der Waals surface area contributed by atoms with Crippen LogP contribution in [0.4, 0.5) is 0 Å². The third kappa shape index (κ3) is 2.78. The number of hydrogen-bond donors (Lipinski definition) is 0. The lowest BCUT2D eigenvalue weighted by Crippen LogP contribution is -2.38. The molecule has 0 spiro atoms. The smallest absolute Gasteiger partial charge is 0.270 e. The molecule has 1 atom stereocenters. The van der Waals surface area contributed by atoms with Gasteiger partial charge in [0.25, 0.3) is 5.91 Å². The van der Waals surface area contributed by atoms with E-state index in [4.69, 9.17) is 4.74 Å². The second-order valence-corrected chi connectivity index (χ2v) is 5.59. The summed E-state index contributed by atoms with van der Waals surface area (Å²) in [6.45, 7) is 4.37. The predicted octanol–water partition coefficient (Wildman–Crippen LogP) is 2.52. The van der Waals surface area contributed by atoms with Crippen LogP contribution in [-0.4, -0.2) is 41.7 Å². The number of ether oxygens (including phenoxy) is 1. The van der Waals surface area contributed by atoms with E-state index in [-0.39, 0.29) is 11.9 Å². The summed E-state index contributed by atoms with van der Waals surface area (Å²) in [5, 5.41) is 0. The van der Waals surface area contributed by atoms with E-state index in [1.165, 1.54) is 0 Å². The van der Waals surface area contributed by atoms with Crippen LogP contribution < -0.4 is 0 Å². The second-order valence-electron chi connectivity index (χ2n) is 4.67. The van der Waals surface area contributed by atoms with Crippen molar-refractivity contribution in [2.24, 2.45) is 0 Å². The molecule has 0 bridgehead atoms. The average molecular weight is 315 g/mol. The molecule has 0 aromatic carbocycles. The van der Waals surface area contributed by atoms with E-state index in [0.717, 1.165) is 36.2 Å². The molecule has 0 N–H and O–H groups in total. The molecule has 0 saturated carbocycles. The monoisotopic (exact) mass is 314 g/mol. The summed E-state index contributed by atoms with van der Waals surface area (Å²) >= 11 is 3.44. The largest absolute Gasteiger partial charge is 0.379 e. The van der Waals surface area contributed by atoms with Crippen molar-refractivity contribution >= 4 is 21.8 Å². The van der Waals surface area contributed by atoms with E-state index in [2.05, 4.69) is 22.9 Å². The molecule has 18 heavy (non-hydrogen) atoms. The van der Waals surface area contributed by atoms with Crippen molar-refractivity contribution in [3.8, 4) is 0 Å². The molecule has 1 amide bonds. The number of aryl methyl sites for hydroxylation is 1. The average Bonchev–Trinajstić information content (AvgIpc) is 2.97. The van der Waals surface area contributed by atoms with Crippen molar-refractivity contribution in [1.82, 2.24) is 9.47 Å². The molecule has 1 unspecified atom stereocenters. The van der Waals surface area contributed by atoms with E-state index >= 15 is 0 Å². The molecule has 5 heteroatoms. The molecule has 100 valence electrons. The van der Waals surface area contributed by atoms with Gasteiger partial charge in [0.15, 0.2) is 0 Å².